The van der Waals surface area contributed by atoms with E-state index in [2.05, 4.69) is 4.98 Å². The first-order chi connectivity index (χ1) is 6.21. The van der Waals surface area contributed by atoms with Crippen molar-refractivity contribution in [1.82, 2.24) is 4.98 Å². The molecule has 0 spiro atoms. The third kappa shape index (κ3) is 1.62. The lowest BCUT2D eigenvalue weighted by Gasteiger charge is -2.34. The lowest BCUT2D eigenvalue weighted by Crippen LogP contribution is -2.37. The summed E-state index contributed by atoms with van der Waals surface area (Å²) in [6, 6.07) is 3.84. The van der Waals surface area contributed by atoms with Gasteiger partial charge in [0.05, 0.1) is 12.7 Å². The number of aliphatic hydroxyl groups is 1. The molecule has 1 fully saturated rings. The van der Waals surface area contributed by atoms with Crippen LogP contribution >= 0.6 is 0 Å². The minimum atomic E-state index is -0.707. The maximum atomic E-state index is 10.3. The van der Waals surface area contributed by atoms with Gasteiger partial charge in [-0.3, -0.25) is 0 Å². The van der Waals surface area contributed by atoms with Crippen LogP contribution in [-0.4, -0.2) is 22.8 Å². The fourth-order valence-corrected chi connectivity index (χ4v) is 1.93. The van der Waals surface area contributed by atoms with Crippen LogP contribution in [0, 0.1) is 0 Å². The van der Waals surface area contributed by atoms with E-state index in [-0.39, 0.29) is 6.10 Å². The molecule has 13 heavy (non-hydrogen) atoms. The smallest absolute Gasteiger partial charge is 0.109 e. The second-order valence-corrected chi connectivity index (χ2v) is 3.75. The Hall–Kier alpha value is -0.800. The molecule has 2 rings (SSSR count). The summed E-state index contributed by atoms with van der Waals surface area (Å²) in [7, 11) is 0. The molecule has 2 atom stereocenters. The third-order valence-electron chi connectivity index (χ3n) is 2.64. The molecule has 2 N–H and O–H groups in total. The first-order valence-corrected chi connectivity index (χ1v) is 4.68. The minimum Gasteiger partial charge on any atom is -0.383 e. The number of rotatable bonds is 1. The quantitative estimate of drug-likeness (QED) is 0.688. The second-order valence-electron chi connectivity index (χ2n) is 3.75. The Bertz CT molecular complexity index is 270. The number of aromatic nitrogens is 1. The zero-order valence-electron chi connectivity index (χ0n) is 7.79. The predicted octanol–water partition coefficient (Wildman–Crippen LogP) is 1.40. The molecule has 1 aliphatic heterocycles. The van der Waals surface area contributed by atoms with Crippen LogP contribution in [0.1, 0.15) is 25.5 Å². The summed E-state index contributed by atoms with van der Waals surface area (Å²) in [5.74, 6) is 0. The first kappa shape index (κ1) is 8.78. The van der Waals surface area contributed by atoms with Gasteiger partial charge in [0.15, 0.2) is 0 Å². The van der Waals surface area contributed by atoms with Crippen LogP contribution in [0.2, 0.25) is 0 Å². The number of ether oxygens (including phenoxy) is 1. The largest absolute Gasteiger partial charge is 0.383 e. The molecule has 72 valence electrons. The van der Waals surface area contributed by atoms with E-state index in [0.717, 1.165) is 5.69 Å². The SMILES string of the molecule is CC1CC(O)(c2ccc[nH]2)CCO1. The monoisotopic (exact) mass is 181 g/mol. The molecule has 3 heteroatoms. The number of nitrogens with one attached hydrogen (secondary N) is 1. The van der Waals surface area contributed by atoms with Gasteiger partial charge in [0.2, 0.25) is 0 Å². The summed E-state index contributed by atoms with van der Waals surface area (Å²) in [5, 5.41) is 10.3. The van der Waals surface area contributed by atoms with Crippen molar-refractivity contribution >= 4 is 0 Å². The molecule has 1 aromatic rings. The van der Waals surface area contributed by atoms with Crippen LogP contribution in [0.3, 0.4) is 0 Å². The van der Waals surface area contributed by atoms with Crippen LogP contribution in [0.25, 0.3) is 0 Å². The van der Waals surface area contributed by atoms with E-state index in [1.54, 1.807) is 0 Å². The molecular formula is C10H15NO2. The van der Waals surface area contributed by atoms with Gasteiger partial charge >= 0.3 is 0 Å². The van der Waals surface area contributed by atoms with Crippen molar-refractivity contribution in [2.75, 3.05) is 6.61 Å². The van der Waals surface area contributed by atoms with Gasteiger partial charge in [-0.15, -0.1) is 0 Å². The fraction of sp³-hybridized carbons (Fsp3) is 0.600. The maximum absolute atomic E-state index is 10.3. The molecule has 3 nitrogen and oxygen atoms in total. The molecule has 0 aromatic carbocycles. The van der Waals surface area contributed by atoms with E-state index >= 15 is 0 Å². The van der Waals surface area contributed by atoms with Crippen molar-refractivity contribution in [3.63, 3.8) is 0 Å². The van der Waals surface area contributed by atoms with Gasteiger partial charge in [0.1, 0.15) is 5.60 Å². The Kier molecular flexibility index (Phi) is 2.14. The minimum absolute atomic E-state index is 0.141. The predicted molar refractivity (Wildman–Crippen MR) is 49.3 cm³/mol. The maximum Gasteiger partial charge on any atom is 0.109 e. The summed E-state index contributed by atoms with van der Waals surface area (Å²) >= 11 is 0. The molecule has 0 saturated carbocycles. The highest BCUT2D eigenvalue weighted by atomic mass is 16.5. The van der Waals surface area contributed by atoms with Crippen molar-refractivity contribution in [3.8, 4) is 0 Å². The van der Waals surface area contributed by atoms with Crippen LogP contribution in [-0.2, 0) is 10.3 Å². The first-order valence-electron chi connectivity index (χ1n) is 4.68. The molecule has 1 aliphatic rings. The van der Waals surface area contributed by atoms with Gasteiger partial charge in [-0.25, -0.2) is 0 Å². The Morgan fingerprint density at radius 3 is 3.15 bits per heavy atom. The Morgan fingerprint density at radius 1 is 1.69 bits per heavy atom. The van der Waals surface area contributed by atoms with E-state index in [1.807, 2.05) is 25.3 Å². The van der Waals surface area contributed by atoms with Gasteiger partial charge in [0.25, 0.3) is 0 Å². The van der Waals surface area contributed by atoms with Gasteiger partial charge in [-0.05, 0) is 19.1 Å². The zero-order chi connectivity index (χ0) is 9.31. The molecule has 0 bridgehead atoms. The molecule has 1 saturated heterocycles. The Morgan fingerprint density at radius 2 is 2.54 bits per heavy atom. The summed E-state index contributed by atoms with van der Waals surface area (Å²) < 4.78 is 5.40. The van der Waals surface area contributed by atoms with Crippen molar-refractivity contribution in [1.29, 1.82) is 0 Å². The van der Waals surface area contributed by atoms with Gasteiger partial charge < -0.3 is 14.8 Å². The Labute approximate surface area is 77.7 Å². The summed E-state index contributed by atoms with van der Waals surface area (Å²) in [6.45, 7) is 2.63. The average molecular weight is 181 g/mol. The standard InChI is InChI=1S/C10H15NO2/c1-8-7-10(12,4-6-13-8)9-3-2-5-11-9/h2-3,5,8,11-12H,4,6-7H2,1H3. The lowest BCUT2D eigenvalue weighted by atomic mass is 9.88. The molecule has 0 amide bonds. The topological polar surface area (TPSA) is 45.2 Å². The molecule has 1 aromatic heterocycles. The third-order valence-corrected chi connectivity index (χ3v) is 2.64. The molecular weight excluding hydrogens is 166 g/mol. The summed E-state index contributed by atoms with van der Waals surface area (Å²) in [4.78, 5) is 3.06. The molecule has 0 radical (unpaired) electrons. The lowest BCUT2D eigenvalue weighted by molar-refractivity contribution is -0.103. The van der Waals surface area contributed by atoms with Gasteiger partial charge in [0, 0.05) is 24.7 Å². The van der Waals surface area contributed by atoms with E-state index < -0.39 is 5.60 Å². The molecule has 2 unspecified atom stereocenters. The van der Waals surface area contributed by atoms with Crippen LogP contribution in [0.5, 0.6) is 0 Å². The van der Waals surface area contributed by atoms with Crippen molar-refractivity contribution in [2.45, 2.75) is 31.5 Å². The average Bonchev–Trinajstić information content (AvgIpc) is 2.55. The summed E-state index contributed by atoms with van der Waals surface area (Å²) in [5.41, 5.74) is 0.198. The van der Waals surface area contributed by atoms with E-state index in [1.165, 1.54) is 0 Å². The van der Waals surface area contributed by atoms with Crippen LogP contribution < -0.4 is 0 Å². The normalized spacial score (nSPS) is 34.8. The van der Waals surface area contributed by atoms with E-state index in [0.29, 0.717) is 19.4 Å². The fourth-order valence-electron chi connectivity index (χ4n) is 1.93. The number of hydrogen-bond donors (Lipinski definition) is 2. The van der Waals surface area contributed by atoms with Gasteiger partial charge in [-0.1, -0.05) is 0 Å². The highest BCUT2D eigenvalue weighted by molar-refractivity contribution is 5.14. The van der Waals surface area contributed by atoms with Crippen molar-refractivity contribution in [2.24, 2.45) is 0 Å². The second kappa shape index (κ2) is 3.16. The highest BCUT2D eigenvalue weighted by Gasteiger charge is 2.35. The van der Waals surface area contributed by atoms with Crippen molar-refractivity contribution in [3.05, 3.63) is 24.0 Å². The number of aromatic amines is 1. The van der Waals surface area contributed by atoms with E-state index in [9.17, 15) is 5.11 Å². The van der Waals surface area contributed by atoms with Crippen LogP contribution in [0.4, 0.5) is 0 Å². The molecule has 0 aliphatic carbocycles. The summed E-state index contributed by atoms with van der Waals surface area (Å²) in [6.07, 6.45) is 3.33. The van der Waals surface area contributed by atoms with Crippen molar-refractivity contribution < 1.29 is 9.84 Å². The van der Waals surface area contributed by atoms with Gasteiger partial charge in [-0.2, -0.15) is 0 Å². The number of hydrogen-bond acceptors (Lipinski definition) is 2. The zero-order valence-corrected chi connectivity index (χ0v) is 7.79. The molecule has 2 heterocycles. The Balaban J connectivity index is 2.20. The number of H-pyrrole nitrogens is 1. The highest BCUT2D eigenvalue weighted by Crippen LogP contribution is 2.33. The van der Waals surface area contributed by atoms with E-state index in [4.69, 9.17) is 4.74 Å². The van der Waals surface area contributed by atoms with Crippen LogP contribution in [0.15, 0.2) is 18.3 Å².